The third kappa shape index (κ3) is 3.08. The number of aromatic nitrogens is 1. The first kappa shape index (κ1) is 12.1. The fourth-order valence-corrected chi connectivity index (χ4v) is 1.65. The lowest BCUT2D eigenvalue weighted by Crippen LogP contribution is -2.11. The average molecular weight is 251 g/mol. The van der Waals surface area contributed by atoms with Gasteiger partial charge >= 0.3 is 0 Å². The standard InChI is InChI=1S/C13H15ClN2O/c1-9(15-2)12-8-16-13(17-12)7-10-3-5-11(14)6-4-10/h3-6,8-9,15H,7H2,1-2H3. The van der Waals surface area contributed by atoms with Gasteiger partial charge in [0.15, 0.2) is 5.89 Å². The lowest BCUT2D eigenvalue weighted by Gasteiger charge is -2.04. The monoisotopic (exact) mass is 250 g/mol. The van der Waals surface area contributed by atoms with Crippen LogP contribution in [0.4, 0.5) is 0 Å². The molecule has 0 fully saturated rings. The number of hydrogen-bond donors (Lipinski definition) is 1. The Bertz CT molecular complexity index is 478. The first-order chi connectivity index (χ1) is 8.19. The maximum absolute atomic E-state index is 5.83. The van der Waals surface area contributed by atoms with Gasteiger partial charge in [0, 0.05) is 11.4 Å². The number of nitrogens with zero attached hydrogens (tertiary/aromatic N) is 1. The molecular formula is C13H15ClN2O. The number of benzene rings is 1. The van der Waals surface area contributed by atoms with Gasteiger partial charge in [0.1, 0.15) is 5.76 Å². The SMILES string of the molecule is CNC(C)c1cnc(Cc2ccc(Cl)cc2)o1. The van der Waals surface area contributed by atoms with Gasteiger partial charge < -0.3 is 9.73 Å². The van der Waals surface area contributed by atoms with E-state index in [4.69, 9.17) is 16.0 Å². The van der Waals surface area contributed by atoms with Crippen LogP contribution in [0.25, 0.3) is 0 Å². The highest BCUT2D eigenvalue weighted by atomic mass is 35.5. The number of nitrogens with one attached hydrogen (secondary N) is 1. The van der Waals surface area contributed by atoms with Gasteiger partial charge in [-0.05, 0) is 31.7 Å². The molecule has 1 unspecified atom stereocenters. The average Bonchev–Trinajstić information content (AvgIpc) is 2.80. The van der Waals surface area contributed by atoms with Gasteiger partial charge in [-0.1, -0.05) is 23.7 Å². The number of hydrogen-bond acceptors (Lipinski definition) is 3. The second kappa shape index (κ2) is 5.34. The summed E-state index contributed by atoms with van der Waals surface area (Å²) >= 11 is 5.83. The Morgan fingerprint density at radius 1 is 1.35 bits per heavy atom. The molecule has 1 atom stereocenters. The Labute approximate surface area is 106 Å². The normalized spacial score (nSPS) is 12.6. The first-order valence-electron chi connectivity index (χ1n) is 5.55. The highest BCUT2D eigenvalue weighted by molar-refractivity contribution is 6.30. The van der Waals surface area contributed by atoms with E-state index in [2.05, 4.69) is 10.3 Å². The van der Waals surface area contributed by atoms with Crippen molar-refractivity contribution in [1.82, 2.24) is 10.3 Å². The maximum Gasteiger partial charge on any atom is 0.198 e. The summed E-state index contributed by atoms with van der Waals surface area (Å²) in [6.07, 6.45) is 2.46. The van der Waals surface area contributed by atoms with Crippen molar-refractivity contribution in [3.05, 3.63) is 52.7 Å². The van der Waals surface area contributed by atoms with Crippen LogP contribution < -0.4 is 5.32 Å². The molecule has 3 nitrogen and oxygen atoms in total. The molecule has 2 aromatic rings. The molecule has 90 valence electrons. The van der Waals surface area contributed by atoms with E-state index in [-0.39, 0.29) is 6.04 Å². The number of oxazole rings is 1. The van der Waals surface area contributed by atoms with Crippen molar-refractivity contribution in [2.24, 2.45) is 0 Å². The van der Waals surface area contributed by atoms with Crippen molar-refractivity contribution in [2.75, 3.05) is 7.05 Å². The van der Waals surface area contributed by atoms with Crippen molar-refractivity contribution in [3.63, 3.8) is 0 Å². The van der Waals surface area contributed by atoms with Crippen LogP contribution in [0.1, 0.15) is 30.2 Å². The summed E-state index contributed by atoms with van der Waals surface area (Å²) in [7, 11) is 1.89. The second-order valence-electron chi connectivity index (χ2n) is 3.97. The zero-order chi connectivity index (χ0) is 12.3. The summed E-state index contributed by atoms with van der Waals surface area (Å²) in [6, 6.07) is 7.89. The second-order valence-corrected chi connectivity index (χ2v) is 4.41. The predicted molar refractivity (Wildman–Crippen MR) is 68.2 cm³/mol. The molecule has 0 amide bonds. The molecule has 0 aliphatic rings. The van der Waals surface area contributed by atoms with E-state index in [0.717, 1.165) is 22.2 Å². The molecule has 1 aromatic carbocycles. The van der Waals surface area contributed by atoms with E-state index in [1.165, 1.54) is 0 Å². The third-order valence-electron chi connectivity index (χ3n) is 2.70. The first-order valence-corrected chi connectivity index (χ1v) is 5.93. The topological polar surface area (TPSA) is 38.1 Å². The van der Waals surface area contributed by atoms with E-state index in [1.54, 1.807) is 6.20 Å². The third-order valence-corrected chi connectivity index (χ3v) is 2.95. The molecule has 1 N–H and O–H groups in total. The molecule has 0 bridgehead atoms. The van der Waals surface area contributed by atoms with Gasteiger partial charge in [0.2, 0.25) is 0 Å². The zero-order valence-electron chi connectivity index (χ0n) is 9.90. The van der Waals surface area contributed by atoms with E-state index >= 15 is 0 Å². The minimum atomic E-state index is 0.182. The van der Waals surface area contributed by atoms with Crippen molar-refractivity contribution in [3.8, 4) is 0 Å². The van der Waals surface area contributed by atoms with Crippen LogP contribution in [0.5, 0.6) is 0 Å². The van der Waals surface area contributed by atoms with Gasteiger partial charge in [-0.25, -0.2) is 4.98 Å². The van der Waals surface area contributed by atoms with E-state index in [1.807, 2.05) is 38.2 Å². The van der Waals surface area contributed by atoms with Crippen LogP contribution in [0.15, 0.2) is 34.9 Å². The van der Waals surface area contributed by atoms with Gasteiger partial charge in [-0.15, -0.1) is 0 Å². The quantitative estimate of drug-likeness (QED) is 0.906. The van der Waals surface area contributed by atoms with Crippen LogP contribution in [0, 0.1) is 0 Å². The Balaban J connectivity index is 2.08. The lowest BCUT2D eigenvalue weighted by atomic mass is 10.1. The van der Waals surface area contributed by atoms with E-state index in [0.29, 0.717) is 6.42 Å². The molecule has 0 radical (unpaired) electrons. The lowest BCUT2D eigenvalue weighted by molar-refractivity contribution is 0.420. The minimum Gasteiger partial charge on any atom is -0.444 e. The molecule has 1 aromatic heterocycles. The van der Waals surface area contributed by atoms with Gasteiger partial charge in [0.25, 0.3) is 0 Å². The molecule has 1 heterocycles. The van der Waals surface area contributed by atoms with Crippen LogP contribution in [-0.4, -0.2) is 12.0 Å². The molecule has 0 aliphatic carbocycles. The van der Waals surface area contributed by atoms with Crippen molar-refractivity contribution in [2.45, 2.75) is 19.4 Å². The molecular weight excluding hydrogens is 236 g/mol. The van der Waals surface area contributed by atoms with Crippen molar-refractivity contribution >= 4 is 11.6 Å². The van der Waals surface area contributed by atoms with E-state index < -0.39 is 0 Å². The Kier molecular flexibility index (Phi) is 3.82. The van der Waals surface area contributed by atoms with Gasteiger partial charge in [-0.2, -0.15) is 0 Å². The van der Waals surface area contributed by atoms with E-state index in [9.17, 15) is 0 Å². The Morgan fingerprint density at radius 2 is 2.06 bits per heavy atom. The fourth-order valence-electron chi connectivity index (χ4n) is 1.53. The molecule has 0 saturated carbocycles. The minimum absolute atomic E-state index is 0.182. The number of rotatable bonds is 4. The molecule has 4 heteroatoms. The van der Waals surface area contributed by atoms with Crippen LogP contribution in [-0.2, 0) is 6.42 Å². The maximum atomic E-state index is 5.83. The summed E-state index contributed by atoms with van der Waals surface area (Å²) in [5.41, 5.74) is 1.14. The summed E-state index contributed by atoms with van der Waals surface area (Å²) in [4.78, 5) is 4.26. The Morgan fingerprint density at radius 3 is 2.71 bits per heavy atom. The van der Waals surface area contributed by atoms with Crippen molar-refractivity contribution in [1.29, 1.82) is 0 Å². The predicted octanol–water partition coefficient (Wildman–Crippen LogP) is 3.20. The van der Waals surface area contributed by atoms with Crippen molar-refractivity contribution < 1.29 is 4.42 Å². The van der Waals surface area contributed by atoms with Gasteiger partial charge in [-0.3, -0.25) is 0 Å². The highest BCUT2D eigenvalue weighted by Crippen LogP contribution is 2.17. The molecule has 0 aliphatic heterocycles. The summed E-state index contributed by atoms with van der Waals surface area (Å²) in [5, 5.41) is 3.86. The number of halogens is 1. The zero-order valence-corrected chi connectivity index (χ0v) is 10.7. The van der Waals surface area contributed by atoms with Gasteiger partial charge in [0.05, 0.1) is 12.2 Å². The highest BCUT2D eigenvalue weighted by Gasteiger charge is 2.09. The van der Waals surface area contributed by atoms with Crippen LogP contribution >= 0.6 is 11.6 Å². The Hall–Kier alpha value is -1.32. The summed E-state index contributed by atoms with van der Waals surface area (Å²) in [5.74, 6) is 1.58. The summed E-state index contributed by atoms with van der Waals surface area (Å²) < 4.78 is 5.66. The largest absolute Gasteiger partial charge is 0.444 e. The molecule has 2 rings (SSSR count). The molecule has 0 spiro atoms. The summed E-state index contributed by atoms with van der Waals surface area (Å²) in [6.45, 7) is 2.03. The smallest absolute Gasteiger partial charge is 0.198 e. The van der Waals surface area contributed by atoms with Crippen LogP contribution in [0.2, 0.25) is 5.02 Å². The molecule has 17 heavy (non-hydrogen) atoms. The fraction of sp³-hybridized carbons (Fsp3) is 0.308. The molecule has 0 saturated heterocycles. The van der Waals surface area contributed by atoms with Crippen LogP contribution in [0.3, 0.4) is 0 Å².